The predicted molar refractivity (Wildman–Crippen MR) is 133 cm³/mol. The van der Waals surface area contributed by atoms with Gasteiger partial charge in [-0.1, -0.05) is 101 Å². The van der Waals surface area contributed by atoms with Gasteiger partial charge in [0.25, 0.3) is 0 Å². The molecule has 14 heteroatoms. The molecule has 0 saturated carbocycles. The van der Waals surface area contributed by atoms with Crippen molar-refractivity contribution < 1.29 is 0 Å². The zero-order chi connectivity index (χ0) is 21.1. The normalized spacial score (nSPS) is 19.5. The highest BCUT2D eigenvalue weighted by molar-refractivity contribution is 9.11. The van der Waals surface area contributed by atoms with Crippen molar-refractivity contribution in [3.63, 3.8) is 0 Å². The van der Waals surface area contributed by atoms with E-state index in [1.54, 1.807) is 0 Å². The zero-order valence-corrected chi connectivity index (χ0v) is 24.4. The first-order valence-corrected chi connectivity index (χ1v) is 13.0. The zero-order valence-electron chi connectivity index (χ0n) is 12.2. The lowest BCUT2D eigenvalue weighted by Crippen LogP contribution is -2.55. The van der Waals surface area contributed by atoms with Crippen LogP contribution in [0.3, 0.4) is 0 Å². The van der Waals surface area contributed by atoms with Crippen LogP contribution in [0, 0.1) is 0 Å². The molecule has 0 nitrogen and oxygen atoms in total. The Kier molecular flexibility index (Phi) is 13.8. The Hall–Kier alpha value is 4.18. The smallest absolute Gasteiger partial charge is 0.121 e. The average molecular weight is 739 g/mol. The molecule has 0 aromatic rings. The lowest BCUT2D eigenvalue weighted by molar-refractivity contribution is 0.538. The van der Waals surface area contributed by atoms with Crippen LogP contribution in [0.25, 0.3) is 0 Å². The maximum Gasteiger partial charge on any atom is 0.173 e. The third kappa shape index (κ3) is 8.61. The molecule has 4 unspecified atom stereocenters. The van der Waals surface area contributed by atoms with E-state index in [0.29, 0.717) is 0 Å². The minimum Gasteiger partial charge on any atom is -0.121 e. The van der Waals surface area contributed by atoms with Gasteiger partial charge in [-0.25, -0.2) is 0 Å². The quantitative estimate of drug-likeness (QED) is 0.196. The van der Waals surface area contributed by atoms with Crippen molar-refractivity contribution in [2.24, 2.45) is 0 Å². The Bertz CT molecular complexity index is 479. The summed E-state index contributed by atoms with van der Waals surface area (Å²) in [6.07, 6.45) is 1.40. The van der Waals surface area contributed by atoms with Crippen LogP contribution in [0.1, 0.15) is 12.8 Å². The second kappa shape index (κ2) is 11.9. The second-order valence-electron chi connectivity index (χ2n) is 5.15. The molecular formula is C12H10Br2Cl12. The number of hydrogen-bond acceptors (Lipinski definition) is 0. The predicted octanol–water partition coefficient (Wildman–Crippen LogP) is 10.2. The van der Waals surface area contributed by atoms with Gasteiger partial charge < -0.3 is 0 Å². The first kappa shape index (κ1) is 30.2. The Morgan fingerprint density at radius 1 is 0.808 bits per heavy atom. The van der Waals surface area contributed by atoms with Crippen molar-refractivity contribution in [3.05, 3.63) is 11.1 Å². The topological polar surface area (TPSA) is 0 Å². The van der Waals surface area contributed by atoms with Crippen molar-refractivity contribution >= 4 is 171 Å². The van der Waals surface area contributed by atoms with Gasteiger partial charge in [0.05, 0.1) is 15.0 Å². The van der Waals surface area contributed by atoms with Crippen LogP contribution >= 0.6 is 171 Å². The third-order valence-corrected chi connectivity index (χ3v) is 10.1. The van der Waals surface area contributed by atoms with Gasteiger partial charge in [-0.2, -0.15) is 0 Å². The molecule has 26 heavy (non-hydrogen) atoms. The fraction of sp³-hybridized carbons (Fsp3) is 0.833. The molecule has 156 valence electrons. The summed E-state index contributed by atoms with van der Waals surface area (Å²) >= 11 is 80.6. The highest BCUT2D eigenvalue weighted by Gasteiger charge is 2.60. The standard InChI is InChI=1S/C12H10Br2Cl12/c13-2-1-10(21,22)12(25,26)8(18)11(23,24)7(17)5(15)3-9(19,20)4-6(14)16/h1-2,5-8H,3-4H2. The minimum atomic E-state index is -2.05. The molecule has 4 atom stereocenters. The molecule has 0 aromatic heterocycles. The highest BCUT2D eigenvalue weighted by Crippen LogP contribution is 2.55. The van der Waals surface area contributed by atoms with Crippen LogP contribution in [-0.2, 0) is 0 Å². The van der Waals surface area contributed by atoms with Gasteiger partial charge in [-0.3, -0.25) is 0 Å². The molecule has 0 aliphatic heterocycles. The van der Waals surface area contributed by atoms with Crippen molar-refractivity contribution in [1.29, 1.82) is 0 Å². The van der Waals surface area contributed by atoms with Gasteiger partial charge in [0, 0.05) is 6.42 Å². The average Bonchev–Trinajstić information content (AvgIpc) is 2.42. The van der Waals surface area contributed by atoms with E-state index < -0.39 is 37.8 Å². The molecule has 0 fully saturated rings. The van der Waals surface area contributed by atoms with Crippen LogP contribution in [0.2, 0.25) is 0 Å². The number of rotatable bonds is 10. The van der Waals surface area contributed by atoms with Gasteiger partial charge in [0.15, 0.2) is 13.0 Å². The molecule has 0 radical (unpaired) electrons. The van der Waals surface area contributed by atoms with E-state index in [1.807, 2.05) is 0 Å². The van der Waals surface area contributed by atoms with Crippen molar-refractivity contribution in [3.8, 4) is 0 Å². The molecule has 0 bridgehead atoms. The van der Waals surface area contributed by atoms with Gasteiger partial charge in [0.1, 0.15) is 9.71 Å². The van der Waals surface area contributed by atoms with E-state index in [-0.39, 0.29) is 12.8 Å². The summed E-state index contributed by atoms with van der Waals surface area (Å²) in [5, 5.41) is -3.58. The van der Waals surface area contributed by atoms with Gasteiger partial charge in [-0.05, 0) is 17.5 Å². The number of hydrogen-bond donors (Lipinski definition) is 0. The summed E-state index contributed by atoms with van der Waals surface area (Å²) in [6, 6.07) is 0. The van der Waals surface area contributed by atoms with Crippen molar-refractivity contribution in [2.75, 3.05) is 0 Å². The molecule has 0 aliphatic rings. The summed E-state index contributed by atoms with van der Waals surface area (Å²) < 4.78 is -7.65. The lowest BCUT2D eigenvalue weighted by Gasteiger charge is -2.42. The second-order valence-corrected chi connectivity index (χ2v) is 15.2. The molecule has 0 N–H and O–H groups in total. The summed E-state index contributed by atoms with van der Waals surface area (Å²) in [5.41, 5.74) is 0. The summed E-state index contributed by atoms with van der Waals surface area (Å²) in [7, 11) is 0. The largest absolute Gasteiger partial charge is 0.173 e. The molecule has 0 rings (SSSR count). The first-order chi connectivity index (χ1) is 11.4. The molecule has 0 heterocycles. The Morgan fingerprint density at radius 2 is 1.27 bits per heavy atom. The number of halogens is 14. The van der Waals surface area contributed by atoms with Crippen LogP contribution in [0.5, 0.6) is 0 Å². The summed E-state index contributed by atoms with van der Waals surface area (Å²) in [6.45, 7) is 0. The third-order valence-electron chi connectivity index (χ3n) is 3.00. The van der Waals surface area contributed by atoms with E-state index in [2.05, 4.69) is 31.9 Å². The van der Waals surface area contributed by atoms with Gasteiger partial charge >= 0.3 is 0 Å². The van der Waals surface area contributed by atoms with E-state index >= 15 is 0 Å². The highest BCUT2D eigenvalue weighted by atomic mass is 79.9. The summed E-state index contributed by atoms with van der Waals surface area (Å²) in [5.74, 6) is 0. The number of alkyl halides is 13. The van der Waals surface area contributed by atoms with Crippen LogP contribution in [0.4, 0.5) is 0 Å². The van der Waals surface area contributed by atoms with Crippen molar-refractivity contribution in [2.45, 2.75) is 50.6 Å². The molecule has 0 aromatic carbocycles. The number of allylic oxidation sites excluding steroid dienone is 1. The van der Waals surface area contributed by atoms with E-state index in [0.717, 1.165) is 0 Å². The fourth-order valence-electron chi connectivity index (χ4n) is 1.68. The van der Waals surface area contributed by atoms with E-state index in [1.165, 1.54) is 11.1 Å². The summed E-state index contributed by atoms with van der Waals surface area (Å²) in [4.78, 5) is 1.35. The van der Waals surface area contributed by atoms with E-state index in [4.69, 9.17) is 139 Å². The fourth-order valence-corrected chi connectivity index (χ4v) is 7.49. The molecular weight excluding hydrogens is 729 g/mol. The van der Waals surface area contributed by atoms with Crippen LogP contribution in [-0.4, -0.2) is 37.8 Å². The Morgan fingerprint density at radius 3 is 1.65 bits per heavy atom. The lowest BCUT2D eigenvalue weighted by atomic mass is 10.0. The molecule has 0 spiro atoms. The first-order valence-electron chi connectivity index (χ1n) is 6.42. The van der Waals surface area contributed by atoms with Crippen LogP contribution in [0.15, 0.2) is 11.1 Å². The molecule has 0 saturated heterocycles. The monoisotopic (exact) mass is 732 g/mol. The van der Waals surface area contributed by atoms with Gasteiger partial charge in [0.2, 0.25) is 0 Å². The van der Waals surface area contributed by atoms with Crippen LogP contribution < -0.4 is 0 Å². The van der Waals surface area contributed by atoms with Crippen molar-refractivity contribution in [1.82, 2.24) is 0 Å². The van der Waals surface area contributed by atoms with E-state index in [9.17, 15) is 0 Å². The SMILES string of the molecule is ClC(Br)CC(Cl)(Cl)CC(Cl)C(Cl)C(Cl)(Cl)C(Cl)C(Cl)(Cl)C(Cl)(Cl)C=CBr. The minimum absolute atomic E-state index is 0.0166. The maximum atomic E-state index is 6.33. The Labute approximate surface area is 229 Å². The molecule has 0 amide bonds. The Balaban J connectivity index is 5.46. The van der Waals surface area contributed by atoms with Gasteiger partial charge in [-0.15, -0.1) is 69.6 Å². The molecule has 0 aliphatic carbocycles. The maximum absolute atomic E-state index is 6.33.